The van der Waals surface area contributed by atoms with Gasteiger partial charge >= 0.3 is 6.09 Å². The van der Waals surface area contributed by atoms with Gasteiger partial charge in [-0.1, -0.05) is 18.2 Å². The van der Waals surface area contributed by atoms with Crippen molar-refractivity contribution in [2.24, 2.45) is 0 Å². The van der Waals surface area contributed by atoms with E-state index in [1.165, 1.54) is 29.0 Å². The van der Waals surface area contributed by atoms with Crippen LogP contribution in [-0.2, 0) is 9.47 Å². The van der Waals surface area contributed by atoms with E-state index in [2.05, 4.69) is 0 Å². The van der Waals surface area contributed by atoms with Crippen LogP contribution in [0, 0.1) is 5.82 Å². The number of ketones is 1. The van der Waals surface area contributed by atoms with Crippen LogP contribution in [0.15, 0.2) is 60.5 Å². The minimum absolute atomic E-state index is 0.191. The first kappa shape index (κ1) is 20.3. The average molecular weight is 435 g/mol. The van der Waals surface area contributed by atoms with Crippen molar-refractivity contribution in [3.8, 4) is 5.75 Å². The summed E-state index contributed by atoms with van der Waals surface area (Å²) in [5.74, 6) is -0.440. The molecule has 0 aliphatic carbocycles. The fraction of sp³-hybridized carbons (Fsp3) is 0.280. The quantitative estimate of drug-likeness (QED) is 0.501. The zero-order chi connectivity index (χ0) is 22.6. The van der Waals surface area contributed by atoms with Gasteiger partial charge in [-0.25, -0.2) is 9.18 Å². The van der Waals surface area contributed by atoms with Crippen molar-refractivity contribution in [1.29, 1.82) is 0 Å². The Hall–Kier alpha value is -3.61. The molecule has 0 N–H and O–H groups in total. The van der Waals surface area contributed by atoms with Gasteiger partial charge in [-0.3, -0.25) is 9.36 Å². The summed E-state index contributed by atoms with van der Waals surface area (Å²) in [6.07, 6.45) is 2.05. The Balaban J connectivity index is 1.50. The largest absolute Gasteiger partial charge is 0.493 e. The second-order valence-electron chi connectivity index (χ2n) is 8.96. The molecular formula is C25H22FNO5. The van der Waals surface area contributed by atoms with Crippen LogP contribution in [0.1, 0.15) is 49.2 Å². The van der Waals surface area contributed by atoms with E-state index in [1.54, 1.807) is 6.20 Å². The van der Waals surface area contributed by atoms with Gasteiger partial charge < -0.3 is 14.2 Å². The molecule has 164 valence electrons. The van der Waals surface area contributed by atoms with Gasteiger partial charge in [0.2, 0.25) is 0 Å². The molecule has 32 heavy (non-hydrogen) atoms. The number of nitrogens with zero attached hydrogens (tertiary/aromatic N) is 1. The maximum atomic E-state index is 13.6. The van der Waals surface area contributed by atoms with E-state index in [0.717, 1.165) is 10.9 Å². The first-order chi connectivity index (χ1) is 15.2. The Bertz CT molecular complexity index is 1280. The lowest BCUT2D eigenvalue weighted by Crippen LogP contribution is -2.34. The van der Waals surface area contributed by atoms with Gasteiger partial charge in [0.15, 0.2) is 5.78 Å². The molecule has 0 radical (unpaired) electrons. The third-order valence-electron chi connectivity index (χ3n) is 5.53. The summed E-state index contributed by atoms with van der Waals surface area (Å²) >= 11 is 0. The summed E-state index contributed by atoms with van der Waals surface area (Å²) in [5.41, 5.74) is 1.41. The number of para-hydroxylation sites is 1. The number of halogens is 1. The molecule has 0 amide bonds. The molecule has 2 atom stereocenters. The van der Waals surface area contributed by atoms with Crippen LogP contribution in [0.5, 0.6) is 5.75 Å². The Labute approximate surface area is 184 Å². The van der Waals surface area contributed by atoms with Crippen molar-refractivity contribution in [3.63, 3.8) is 0 Å². The van der Waals surface area contributed by atoms with Crippen LogP contribution >= 0.6 is 0 Å². The van der Waals surface area contributed by atoms with Crippen molar-refractivity contribution >= 4 is 22.8 Å². The first-order valence-electron chi connectivity index (χ1n) is 10.4. The van der Waals surface area contributed by atoms with Crippen molar-refractivity contribution in [1.82, 2.24) is 4.57 Å². The van der Waals surface area contributed by atoms with Gasteiger partial charge in [-0.15, -0.1) is 0 Å². The summed E-state index contributed by atoms with van der Waals surface area (Å²) in [5, 5.41) is 0.852. The summed E-state index contributed by atoms with van der Waals surface area (Å²) in [6.45, 7) is 5.44. The average Bonchev–Trinajstić information content (AvgIpc) is 3.13. The summed E-state index contributed by atoms with van der Waals surface area (Å²) in [7, 11) is 0. The molecule has 6 nitrogen and oxygen atoms in total. The Morgan fingerprint density at radius 3 is 2.72 bits per heavy atom. The molecule has 2 unspecified atom stereocenters. The highest BCUT2D eigenvalue weighted by atomic mass is 19.1. The predicted octanol–water partition coefficient (Wildman–Crippen LogP) is 5.55. The van der Waals surface area contributed by atoms with E-state index >= 15 is 0 Å². The van der Waals surface area contributed by atoms with E-state index < -0.39 is 29.7 Å². The summed E-state index contributed by atoms with van der Waals surface area (Å²) in [4.78, 5) is 25.6. The molecule has 5 rings (SSSR count). The molecule has 2 aliphatic heterocycles. The smallest absolute Gasteiger partial charge is 0.419 e. The Morgan fingerprint density at radius 2 is 1.94 bits per heavy atom. The minimum atomic E-state index is -0.634. The third-order valence-corrected chi connectivity index (χ3v) is 5.53. The molecule has 1 aromatic heterocycles. The topological polar surface area (TPSA) is 66.8 Å². The summed E-state index contributed by atoms with van der Waals surface area (Å²) < 4.78 is 32.6. The fourth-order valence-electron chi connectivity index (χ4n) is 4.14. The number of benzene rings is 2. The highest BCUT2D eigenvalue weighted by Crippen LogP contribution is 2.41. The number of carbonyl (C=O) groups is 2. The minimum Gasteiger partial charge on any atom is -0.493 e. The second kappa shape index (κ2) is 7.22. The Morgan fingerprint density at radius 1 is 1.16 bits per heavy atom. The molecule has 3 aromatic rings. The third kappa shape index (κ3) is 3.43. The van der Waals surface area contributed by atoms with E-state index in [9.17, 15) is 14.0 Å². The van der Waals surface area contributed by atoms with Gasteiger partial charge in [-0.2, -0.15) is 0 Å². The highest BCUT2D eigenvalue weighted by molar-refractivity contribution is 6.12. The number of rotatable bonds is 1. The predicted molar refractivity (Wildman–Crippen MR) is 115 cm³/mol. The lowest BCUT2D eigenvalue weighted by atomic mass is 9.89. The molecule has 0 saturated heterocycles. The van der Waals surface area contributed by atoms with Crippen LogP contribution in [0.3, 0.4) is 0 Å². The standard InChI is InChI=1S/C25H22FNO5/c1-25(2,3)32-24(29)27-12-17(15-6-4-5-7-19(15)27)21-11-22-18(13-30-21)23(28)16-10-14(26)8-9-20(16)31-22/h4-10,12-13,21-22H,11H2,1-3H3. The zero-order valence-electron chi connectivity index (χ0n) is 17.9. The van der Waals surface area contributed by atoms with Crippen molar-refractivity contribution in [3.05, 3.63) is 77.4 Å². The van der Waals surface area contributed by atoms with Crippen molar-refractivity contribution in [2.45, 2.75) is 45.0 Å². The van der Waals surface area contributed by atoms with Crippen LogP contribution in [0.25, 0.3) is 10.9 Å². The van der Waals surface area contributed by atoms with Gasteiger partial charge in [0.1, 0.15) is 29.4 Å². The zero-order valence-corrected chi connectivity index (χ0v) is 17.9. The molecule has 0 saturated carbocycles. The number of carbonyl (C=O) groups excluding carboxylic acids is 2. The van der Waals surface area contributed by atoms with E-state index in [1.807, 2.05) is 45.0 Å². The highest BCUT2D eigenvalue weighted by Gasteiger charge is 2.38. The van der Waals surface area contributed by atoms with Gasteiger partial charge in [0.25, 0.3) is 0 Å². The molecule has 2 aliphatic rings. The fourth-order valence-corrected chi connectivity index (χ4v) is 4.14. The molecular weight excluding hydrogens is 413 g/mol. The number of hydrogen-bond acceptors (Lipinski definition) is 5. The molecule has 0 spiro atoms. The maximum absolute atomic E-state index is 13.6. The number of aromatic nitrogens is 1. The van der Waals surface area contributed by atoms with Gasteiger partial charge in [-0.05, 0) is 45.0 Å². The monoisotopic (exact) mass is 435 g/mol. The van der Waals surface area contributed by atoms with Gasteiger partial charge in [0, 0.05) is 23.6 Å². The number of hydrogen-bond donors (Lipinski definition) is 0. The van der Waals surface area contributed by atoms with Crippen LogP contribution in [-0.4, -0.2) is 28.1 Å². The molecule has 3 heterocycles. The van der Waals surface area contributed by atoms with E-state index in [4.69, 9.17) is 14.2 Å². The second-order valence-corrected chi connectivity index (χ2v) is 8.96. The lowest BCUT2D eigenvalue weighted by Gasteiger charge is -2.33. The molecule has 2 aromatic carbocycles. The van der Waals surface area contributed by atoms with Crippen LogP contribution in [0.2, 0.25) is 0 Å². The molecule has 0 fully saturated rings. The molecule has 7 heteroatoms. The van der Waals surface area contributed by atoms with E-state index in [0.29, 0.717) is 23.3 Å². The Kier molecular flexibility index (Phi) is 4.58. The number of ether oxygens (including phenoxy) is 3. The van der Waals surface area contributed by atoms with Crippen LogP contribution < -0.4 is 4.74 Å². The van der Waals surface area contributed by atoms with Gasteiger partial charge in [0.05, 0.1) is 22.9 Å². The number of fused-ring (bicyclic) bond motifs is 3. The summed E-state index contributed by atoms with van der Waals surface area (Å²) in [6, 6.07) is 11.4. The SMILES string of the molecule is CC(C)(C)OC(=O)n1cc(C2CC3Oc4ccc(F)cc4C(=O)C3=CO2)c2ccccc21. The maximum Gasteiger partial charge on any atom is 0.419 e. The van der Waals surface area contributed by atoms with E-state index in [-0.39, 0.29) is 11.3 Å². The number of Topliss-reactive ketones (excluding diaryl/α,β-unsaturated/α-hetero) is 1. The van der Waals surface area contributed by atoms with Crippen LogP contribution in [0.4, 0.5) is 9.18 Å². The van der Waals surface area contributed by atoms with Crippen molar-refractivity contribution < 1.29 is 28.2 Å². The lowest BCUT2D eigenvalue weighted by molar-refractivity contribution is 0.0531. The molecule has 0 bridgehead atoms. The first-order valence-corrected chi connectivity index (χ1v) is 10.4. The normalized spacial score (nSPS) is 20.0. The van der Waals surface area contributed by atoms with Crippen molar-refractivity contribution in [2.75, 3.05) is 0 Å².